The van der Waals surface area contributed by atoms with Crippen molar-refractivity contribution in [1.82, 2.24) is 0 Å². The molecule has 1 aliphatic heterocycles. The summed E-state index contributed by atoms with van der Waals surface area (Å²) >= 11 is 0. The van der Waals surface area contributed by atoms with Gasteiger partial charge in [-0.25, -0.2) is 0 Å². The fourth-order valence-corrected chi connectivity index (χ4v) is 1.56. The number of hydrogen-bond acceptors (Lipinski definition) is 6. The van der Waals surface area contributed by atoms with E-state index in [4.69, 9.17) is 9.47 Å². The molecule has 6 nitrogen and oxygen atoms in total. The molecule has 1 heterocycles. The zero-order chi connectivity index (χ0) is 13.1. The van der Waals surface area contributed by atoms with Gasteiger partial charge >= 0.3 is 0 Å². The molecule has 0 amide bonds. The Kier molecular flexibility index (Phi) is 5.30. The molecule has 0 aromatic rings. The standard InChI is InChI=1S/C11H22O6/c1-7(2)3-4-16-6-11(15)10(14)9(13)8(12)5-17-11/h7-10,12-15H,3-6H2,1-2H3/t8-,9+,10+,11-/m1/s1. The third-order valence-corrected chi connectivity index (χ3v) is 2.83. The second kappa shape index (κ2) is 6.08. The van der Waals surface area contributed by atoms with Gasteiger partial charge in [0.1, 0.15) is 24.9 Å². The van der Waals surface area contributed by atoms with Crippen molar-refractivity contribution in [3.8, 4) is 0 Å². The summed E-state index contributed by atoms with van der Waals surface area (Å²) in [5.41, 5.74) is 0. The smallest absolute Gasteiger partial charge is 0.219 e. The third kappa shape index (κ3) is 3.87. The van der Waals surface area contributed by atoms with E-state index in [2.05, 4.69) is 0 Å². The van der Waals surface area contributed by atoms with E-state index < -0.39 is 24.1 Å². The van der Waals surface area contributed by atoms with Crippen LogP contribution in [-0.2, 0) is 9.47 Å². The van der Waals surface area contributed by atoms with Crippen molar-refractivity contribution in [2.75, 3.05) is 19.8 Å². The van der Waals surface area contributed by atoms with Gasteiger partial charge in [0, 0.05) is 6.61 Å². The number of aliphatic hydroxyl groups excluding tert-OH is 3. The van der Waals surface area contributed by atoms with Gasteiger partial charge in [-0.2, -0.15) is 0 Å². The predicted octanol–water partition coefficient (Wildman–Crippen LogP) is -1.15. The molecule has 6 heteroatoms. The summed E-state index contributed by atoms with van der Waals surface area (Å²) in [6.45, 7) is 4.07. The largest absolute Gasteiger partial charge is 0.388 e. The molecule has 1 saturated heterocycles. The molecular weight excluding hydrogens is 228 g/mol. The molecule has 0 aromatic carbocycles. The Morgan fingerprint density at radius 1 is 1.35 bits per heavy atom. The van der Waals surface area contributed by atoms with Gasteiger partial charge in [-0.05, 0) is 12.3 Å². The molecule has 1 rings (SSSR count). The second-order valence-corrected chi connectivity index (χ2v) is 4.89. The van der Waals surface area contributed by atoms with E-state index in [1.807, 2.05) is 13.8 Å². The van der Waals surface area contributed by atoms with Gasteiger partial charge in [0.15, 0.2) is 0 Å². The average molecular weight is 250 g/mol. The minimum atomic E-state index is -1.95. The lowest BCUT2D eigenvalue weighted by Crippen LogP contribution is -2.62. The molecule has 102 valence electrons. The number of aliphatic hydroxyl groups is 4. The quantitative estimate of drug-likeness (QED) is 0.460. The highest BCUT2D eigenvalue weighted by Crippen LogP contribution is 2.24. The van der Waals surface area contributed by atoms with E-state index in [9.17, 15) is 20.4 Å². The van der Waals surface area contributed by atoms with Crippen LogP contribution in [0.4, 0.5) is 0 Å². The van der Waals surface area contributed by atoms with Crippen molar-refractivity contribution in [3.63, 3.8) is 0 Å². The minimum absolute atomic E-state index is 0.231. The van der Waals surface area contributed by atoms with E-state index >= 15 is 0 Å². The van der Waals surface area contributed by atoms with E-state index in [0.29, 0.717) is 12.5 Å². The summed E-state index contributed by atoms with van der Waals surface area (Å²) < 4.78 is 10.2. The van der Waals surface area contributed by atoms with Crippen LogP contribution < -0.4 is 0 Å². The summed E-state index contributed by atoms with van der Waals surface area (Å²) in [5, 5.41) is 38.2. The van der Waals surface area contributed by atoms with Crippen LogP contribution in [0.15, 0.2) is 0 Å². The summed E-state index contributed by atoms with van der Waals surface area (Å²) in [5.74, 6) is -1.47. The molecule has 0 aliphatic carbocycles. The second-order valence-electron chi connectivity index (χ2n) is 4.89. The summed E-state index contributed by atoms with van der Waals surface area (Å²) in [7, 11) is 0. The Labute approximate surface area is 101 Å². The zero-order valence-electron chi connectivity index (χ0n) is 10.2. The highest BCUT2D eigenvalue weighted by atomic mass is 16.7. The number of rotatable bonds is 5. The summed E-state index contributed by atoms with van der Waals surface area (Å²) in [6, 6.07) is 0. The maximum absolute atomic E-state index is 9.92. The number of hydrogen-bond donors (Lipinski definition) is 4. The first-order chi connectivity index (χ1) is 7.87. The van der Waals surface area contributed by atoms with Crippen molar-refractivity contribution in [3.05, 3.63) is 0 Å². The van der Waals surface area contributed by atoms with Gasteiger partial charge in [-0.15, -0.1) is 0 Å². The van der Waals surface area contributed by atoms with Gasteiger partial charge in [-0.3, -0.25) is 0 Å². The maximum atomic E-state index is 9.92. The first-order valence-electron chi connectivity index (χ1n) is 5.85. The first-order valence-corrected chi connectivity index (χ1v) is 5.85. The van der Waals surface area contributed by atoms with Crippen LogP contribution in [0.3, 0.4) is 0 Å². The number of ether oxygens (including phenoxy) is 2. The van der Waals surface area contributed by atoms with Gasteiger partial charge in [0.05, 0.1) is 6.61 Å². The van der Waals surface area contributed by atoms with Crippen LogP contribution in [0.1, 0.15) is 20.3 Å². The third-order valence-electron chi connectivity index (χ3n) is 2.83. The van der Waals surface area contributed by atoms with Crippen LogP contribution >= 0.6 is 0 Å². The molecule has 0 bridgehead atoms. The Hall–Kier alpha value is -0.240. The molecule has 0 saturated carbocycles. The molecule has 4 atom stereocenters. The Balaban J connectivity index is 2.39. The van der Waals surface area contributed by atoms with Crippen molar-refractivity contribution >= 4 is 0 Å². The van der Waals surface area contributed by atoms with E-state index in [1.54, 1.807) is 0 Å². The lowest BCUT2D eigenvalue weighted by molar-refractivity contribution is -0.335. The van der Waals surface area contributed by atoms with Crippen LogP contribution in [0.5, 0.6) is 0 Å². The van der Waals surface area contributed by atoms with Crippen molar-refractivity contribution in [2.24, 2.45) is 5.92 Å². The molecule has 1 fully saturated rings. The SMILES string of the molecule is CC(C)CCOC[C@@]1(O)OC[C@@H](O)[C@H](O)[C@@H]1O. The monoisotopic (exact) mass is 250 g/mol. The molecule has 0 aromatic heterocycles. The molecule has 0 radical (unpaired) electrons. The Morgan fingerprint density at radius 3 is 2.59 bits per heavy atom. The topological polar surface area (TPSA) is 99.4 Å². The summed E-state index contributed by atoms with van der Waals surface area (Å²) in [4.78, 5) is 0. The Bertz CT molecular complexity index is 234. The lowest BCUT2D eigenvalue weighted by atomic mass is 9.97. The van der Waals surface area contributed by atoms with Gasteiger partial charge in [-0.1, -0.05) is 13.8 Å². The van der Waals surface area contributed by atoms with E-state index in [1.165, 1.54) is 0 Å². The van der Waals surface area contributed by atoms with Crippen molar-refractivity contribution in [2.45, 2.75) is 44.4 Å². The van der Waals surface area contributed by atoms with Crippen molar-refractivity contribution in [1.29, 1.82) is 0 Å². The Morgan fingerprint density at radius 2 is 2.00 bits per heavy atom. The van der Waals surface area contributed by atoms with E-state index in [-0.39, 0.29) is 13.2 Å². The summed E-state index contributed by atoms with van der Waals surface area (Å²) in [6.07, 6.45) is -3.37. The maximum Gasteiger partial charge on any atom is 0.219 e. The zero-order valence-corrected chi connectivity index (χ0v) is 10.2. The highest BCUT2D eigenvalue weighted by Gasteiger charge is 2.48. The van der Waals surface area contributed by atoms with Gasteiger partial charge < -0.3 is 29.9 Å². The fourth-order valence-electron chi connectivity index (χ4n) is 1.56. The lowest BCUT2D eigenvalue weighted by Gasteiger charge is -2.41. The van der Waals surface area contributed by atoms with Gasteiger partial charge in [0.2, 0.25) is 5.79 Å². The van der Waals surface area contributed by atoms with Crippen LogP contribution in [0, 0.1) is 5.92 Å². The average Bonchev–Trinajstić information content (AvgIpc) is 2.28. The fraction of sp³-hybridized carbons (Fsp3) is 1.00. The molecule has 4 N–H and O–H groups in total. The predicted molar refractivity (Wildman–Crippen MR) is 59.2 cm³/mol. The van der Waals surface area contributed by atoms with E-state index in [0.717, 1.165) is 6.42 Å². The van der Waals surface area contributed by atoms with Crippen molar-refractivity contribution < 1.29 is 29.9 Å². The molecule has 0 unspecified atom stereocenters. The van der Waals surface area contributed by atoms with Crippen LogP contribution in [0.25, 0.3) is 0 Å². The van der Waals surface area contributed by atoms with Crippen LogP contribution in [-0.4, -0.2) is 64.3 Å². The molecular formula is C11H22O6. The normalized spacial score (nSPS) is 38.6. The first kappa shape index (κ1) is 14.8. The van der Waals surface area contributed by atoms with Gasteiger partial charge in [0.25, 0.3) is 0 Å². The minimum Gasteiger partial charge on any atom is -0.388 e. The van der Waals surface area contributed by atoms with Crippen LogP contribution in [0.2, 0.25) is 0 Å². The molecule has 17 heavy (non-hydrogen) atoms. The molecule has 1 aliphatic rings. The highest BCUT2D eigenvalue weighted by molar-refractivity contribution is 4.91. The molecule has 0 spiro atoms.